The normalized spacial score (nSPS) is 14.4. The Balaban J connectivity index is 2.15. The summed E-state index contributed by atoms with van der Waals surface area (Å²) in [6, 6.07) is 9.01. The lowest BCUT2D eigenvalue weighted by molar-refractivity contribution is -0.120. The molecule has 0 bridgehead atoms. The van der Waals surface area contributed by atoms with Crippen LogP contribution in [0.5, 0.6) is 5.75 Å². The molecule has 2 heterocycles. The predicted molar refractivity (Wildman–Crippen MR) is 101 cm³/mol. The van der Waals surface area contributed by atoms with Gasteiger partial charge in [0.2, 0.25) is 0 Å². The van der Waals surface area contributed by atoms with Gasteiger partial charge in [0.25, 0.3) is 11.8 Å². The molecule has 0 aliphatic carbocycles. The van der Waals surface area contributed by atoms with Crippen molar-refractivity contribution in [2.75, 3.05) is 32.2 Å². The van der Waals surface area contributed by atoms with E-state index in [-0.39, 0.29) is 24.8 Å². The summed E-state index contributed by atoms with van der Waals surface area (Å²) in [7, 11) is 3.20. The highest BCUT2D eigenvalue weighted by atomic mass is 32.1. The van der Waals surface area contributed by atoms with Gasteiger partial charge in [0.05, 0.1) is 25.0 Å². The maximum absolute atomic E-state index is 13.2. The summed E-state index contributed by atoms with van der Waals surface area (Å²) in [5.41, 5.74) is 1.97. The summed E-state index contributed by atoms with van der Waals surface area (Å²) < 4.78 is 5.36. The summed E-state index contributed by atoms with van der Waals surface area (Å²) in [4.78, 5) is 29.9. The topological polar surface area (TPSA) is 70.1 Å². The fraction of sp³-hybridized carbons (Fsp3) is 0.263. The highest BCUT2D eigenvalue weighted by Crippen LogP contribution is 2.39. The zero-order valence-electron chi connectivity index (χ0n) is 14.9. The van der Waals surface area contributed by atoms with Gasteiger partial charge >= 0.3 is 0 Å². The number of methoxy groups -OCH3 is 1. The third-order valence-corrected chi connectivity index (χ3v) is 5.11. The molecule has 1 aromatic heterocycles. The first kappa shape index (κ1) is 18.2. The van der Waals surface area contributed by atoms with Crippen LogP contribution in [0.15, 0.2) is 41.4 Å². The lowest BCUT2D eigenvalue weighted by Crippen LogP contribution is -2.35. The summed E-state index contributed by atoms with van der Waals surface area (Å²) in [5, 5.41) is 11.1. The van der Waals surface area contributed by atoms with E-state index >= 15 is 0 Å². The Morgan fingerprint density at radius 2 is 2.00 bits per heavy atom. The Morgan fingerprint density at radius 3 is 2.62 bits per heavy atom. The van der Waals surface area contributed by atoms with Gasteiger partial charge in [-0.1, -0.05) is 12.1 Å². The molecular weight excluding hydrogens is 352 g/mol. The van der Waals surface area contributed by atoms with Crippen molar-refractivity contribution in [1.82, 2.24) is 4.90 Å². The molecule has 0 fully saturated rings. The van der Waals surface area contributed by atoms with Gasteiger partial charge < -0.3 is 14.7 Å². The van der Waals surface area contributed by atoms with Crippen molar-refractivity contribution in [2.24, 2.45) is 0 Å². The standard InChI is InChI=1S/C19H20N2O4S/c1-12-6-7-14(25-3)13(11-12)21-18(23)16(15-5-4-10-26-15)17(19(21)24)20(2)8-9-22/h4-7,10-11,22H,8-9H2,1-3H3. The zero-order chi connectivity index (χ0) is 18.8. The molecule has 136 valence electrons. The van der Waals surface area contributed by atoms with Crippen molar-refractivity contribution in [1.29, 1.82) is 0 Å². The largest absolute Gasteiger partial charge is 0.495 e. The number of hydrogen-bond acceptors (Lipinski definition) is 6. The van der Waals surface area contributed by atoms with E-state index in [0.717, 1.165) is 15.3 Å². The van der Waals surface area contributed by atoms with E-state index in [1.54, 1.807) is 24.1 Å². The smallest absolute Gasteiger partial charge is 0.282 e. The molecule has 3 rings (SSSR count). The minimum absolute atomic E-state index is 0.118. The van der Waals surface area contributed by atoms with E-state index in [9.17, 15) is 14.7 Å². The number of anilines is 1. The molecule has 6 nitrogen and oxygen atoms in total. The van der Waals surface area contributed by atoms with Crippen LogP contribution in [0.3, 0.4) is 0 Å². The number of likely N-dealkylation sites (N-methyl/N-ethyl adjacent to an activating group) is 1. The molecule has 1 aliphatic heterocycles. The Morgan fingerprint density at radius 1 is 1.23 bits per heavy atom. The molecule has 7 heteroatoms. The molecule has 1 aromatic carbocycles. The molecule has 0 unspecified atom stereocenters. The van der Waals surface area contributed by atoms with Crippen LogP contribution in [0, 0.1) is 6.92 Å². The number of carbonyl (C=O) groups excluding carboxylic acids is 2. The van der Waals surface area contributed by atoms with Crippen LogP contribution in [-0.4, -0.2) is 49.1 Å². The SMILES string of the molecule is COc1ccc(C)cc1N1C(=O)C(c2cccs2)=C(N(C)CCO)C1=O. The number of amides is 2. The summed E-state index contributed by atoms with van der Waals surface area (Å²) in [6.07, 6.45) is 0. The van der Waals surface area contributed by atoms with E-state index in [1.165, 1.54) is 18.4 Å². The predicted octanol–water partition coefficient (Wildman–Crippen LogP) is 2.27. The molecule has 0 atom stereocenters. The second-order valence-corrected chi connectivity index (χ2v) is 6.91. The van der Waals surface area contributed by atoms with Gasteiger partial charge in [-0.05, 0) is 36.1 Å². The minimum Gasteiger partial charge on any atom is -0.495 e. The van der Waals surface area contributed by atoms with Gasteiger partial charge in [0.1, 0.15) is 11.4 Å². The van der Waals surface area contributed by atoms with Gasteiger partial charge in [-0.2, -0.15) is 0 Å². The van der Waals surface area contributed by atoms with Crippen molar-refractivity contribution in [3.8, 4) is 5.75 Å². The maximum Gasteiger partial charge on any atom is 0.282 e. The number of aryl methyl sites for hydroxylation is 1. The molecule has 1 N–H and O–H groups in total. The van der Waals surface area contributed by atoms with Gasteiger partial charge in [-0.25, -0.2) is 4.90 Å². The molecule has 0 spiro atoms. The van der Waals surface area contributed by atoms with Crippen LogP contribution in [0.2, 0.25) is 0 Å². The lowest BCUT2D eigenvalue weighted by Gasteiger charge is -2.21. The van der Waals surface area contributed by atoms with Gasteiger partial charge in [-0.3, -0.25) is 9.59 Å². The minimum atomic E-state index is -0.418. The number of ether oxygens (including phenoxy) is 1. The Labute approximate surface area is 155 Å². The monoisotopic (exact) mass is 372 g/mol. The summed E-state index contributed by atoms with van der Waals surface area (Å²) in [6.45, 7) is 2.02. The Kier molecular flexibility index (Phi) is 5.11. The van der Waals surface area contributed by atoms with Crippen molar-refractivity contribution in [3.05, 3.63) is 51.8 Å². The first-order chi connectivity index (χ1) is 12.5. The second-order valence-electron chi connectivity index (χ2n) is 5.97. The molecular formula is C19H20N2O4S. The molecule has 0 radical (unpaired) electrons. The van der Waals surface area contributed by atoms with Gasteiger partial charge in [-0.15, -0.1) is 11.3 Å². The van der Waals surface area contributed by atoms with E-state index in [2.05, 4.69) is 0 Å². The summed E-state index contributed by atoms with van der Waals surface area (Å²) >= 11 is 1.40. The number of aliphatic hydroxyl groups is 1. The first-order valence-electron chi connectivity index (χ1n) is 8.13. The van der Waals surface area contributed by atoms with E-state index in [1.807, 2.05) is 30.5 Å². The first-order valence-corrected chi connectivity index (χ1v) is 9.01. The average molecular weight is 372 g/mol. The number of aliphatic hydroxyl groups excluding tert-OH is 1. The molecule has 0 saturated carbocycles. The van der Waals surface area contributed by atoms with Crippen molar-refractivity contribution >= 4 is 34.4 Å². The van der Waals surface area contributed by atoms with Crippen LogP contribution >= 0.6 is 11.3 Å². The van der Waals surface area contributed by atoms with Crippen molar-refractivity contribution < 1.29 is 19.4 Å². The summed E-state index contributed by atoms with van der Waals surface area (Å²) in [5.74, 6) is -0.353. The molecule has 1 aliphatic rings. The van der Waals surface area contributed by atoms with Crippen molar-refractivity contribution in [3.63, 3.8) is 0 Å². The molecule has 2 amide bonds. The van der Waals surface area contributed by atoms with E-state index < -0.39 is 5.91 Å². The molecule has 0 saturated heterocycles. The van der Waals surface area contributed by atoms with Crippen LogP contribution in [-0.2, 0) is 9.59 Å². The Bertz CT molecular complexity index is 874. The number of rotatable bonds is 6. The lowest BCUT2D eigenvalue weighted by atomic mass is 10.1. The van der Waals surface area contributed by atoms with Crippen LogP contribution in [0.25, 0.3) is 5.57 Å². The van der Waals surface area contributed by atoms with Crippen molar-refractivity contribution in [2.45, 2.75) is 6.92 Å². The molecule has 2 aromatic rings. The Hall–Kier alpha value is -2.64. The number of thiophene rings is 1. The fourth-order valence-corrected chi connectivity index (χ4v) is 3.73. The number of carbonyl (C=O) groups is 2. The van der Waals surface area contributed by atoms with Gasteiger partial charge in [0.15, 0.2) is 0 Å². The quantitative estimate of drug-likeness (QED) is 0.788. The fourth-order valence-electron chi connectivity index (χ4n) is 2.97. The van der Waals surface area contributed by atoms with Crippen LogP contribution < -0.4 is 9.64 Å². The number of nitrogens with zero attached hydrogens (tertiary/aromatic N) is 2. The second kappa shape index (κ2) is 7.31. The zero-order valence-corrected chi connectivity index (χ0v) is 15.7. The van der Waals surface area contributed by atoms with Crippen LogP contribution in [0.4, 0.5) is 5.69 Å². The maximum atomic E-state index is 13.2. The van der Waals surface area contributed by atoms with E-state index in [0.29, 0.717) is 17.0 Å². The average Bonchev–Trinajstić information content (AvgIpc) is 3.21. The third kappa shape index (κ3) is 3.00. The highest BCUT2D eigenvalue weighted by Gasteiger charge is 2.43. The number of hydrogen-bond donors (Lipinski definition) is 1. The van der Waals surface area contributed by atoms with Crippen LogP contribution in [0.1, 0.15) is 10.4 Å². The van der Waals surface area contributed by atoms with Gasteiger partial charge in [0, 0.05) is 18.5 Å². The number of benzene rings is 1. The van der Waals surface area contributed by atoms with E-state index in [4.69, 9.17) is 4.74 Å². The number of imide groups is 1. The molecule has 26 heavy (non-hydrogen) atoms. The highest BCUT2D eigenvalue weighted by molar-refractivity contribution is 7.11. The third-order valence-electron chi connectivity index (χ3n) is 4.22.